The van der Waals surface area contributed by atoms with E-state index >= 15 is 0 Å². The maximum Gasteiger partial charge on any atom is 0.310 e. The van der Waals surface area contributed by atoms with Crippen LogP contribution in [0.3, 0.4) is 0 Å². The van der Waals surface area contributed by atoms with Crippen molar-refractivity contribution in [1.29, 1.82) is 5.26 Å². The highest BCUT2D eigenvalue weighted by atomic mass is 79.9. The van der Waals surface area contributed by atoms with Gasteiger partial charge in [0.15, 0.2) is 0 Å². The van der Waals surface area contributed by atoms with Crippen LogP contribution in [0.2, 0.25) is 0 Å². The van der Waals surface area contributed by atoms with Gasteiger partial charge in [0, 0.05) is 5.33 Å². The molecule has 0 bridgehead atoms. The molecule has 0 fully saturated rings. The van der Waals surface area contributed by atoms with Crippen LogP contribution in [0.5, 0.6) is 0 Å². The maximum atomic E-state index is 11.4. The van der Waals surface area contributed by atoms with Crippen molar-refractivity contribution in [1.82, 2.24) is 0 Å². The van der Waals surface area contributed by atoms with Gasteiger partial charge in [-0.3, -0.25) is 4.79 Å². The third-order valence-corrected chi connectivity index (χ3v) is 3.10. The van der Waals surface area contributed by atoms with Gasteiger partial charge in [-0.2, -0.15) is 5.26 Å². The summed E-state index contributed by atoms with van der Waals surface area (Å²) < 4.78 is 4.89. The van der Waals surface area contributed by atoms with Gasteiger partial charge < -0.3 is 4.74 Å². The number of carbonyl (C=O) groups excluding carboxylic acids is 1. The molecular weight excluding hydrogens is 282 g/mol. The second kappa shape index (κ2) is 6.41. The molecule has 0 N–H and O–H groups in total. The number of carbonyl (C=O) groups is 1. The van der Waals surface area contributed by atoms with Crippen LogP contribution in [0.15, 0.2) is 12.1 Å². The normalized spacial score (nSPS) is 9.76. The van der Waals surface area contributed by atoms with Gasteiger partial charge in [-0.1, -0.05) is 22.0 Å². The molecule has 0 atom stereocenters. The maximum absolute atomic E-state index is 11.4. The fourth-order valence-corrected chi connectivity index (χ4v) is 2.16. The molecule has 0 radical (unpaired) electrons. The molecule has 0 aromatic heterocycles. The molecule has 0 aliphatic heterocycles. The molecule has 0 spiro atoms. The van der Waals surface area contributed by atoms with Crippen molar-refractivity contribution in [2.24, 2.45) is 0 Å². The Morgan fingerprint density at radius 2 is 2.24 bits per heavy atom. The number of rotatable bonds is 4. The quantitative estimate of drug-likeness (QED) is 0.634. The van der Waals surface area contributed by atoms with E-state index in [1.165, 1.54) is 0 Å². The molecule has 1 aromatic carbocycles. The van der Waals surface area contributed by atoms with Crippen LogP contribution in [-0.2, 0) is 21.3 Å². The van der Waals surface area contributed by atoms with Gasteiger partial charge in [0.05, 0.1) is 24.7 Å². The zero-order valence-corrected chi connectivity index (χ0v) is 11.5. The number of benzene rings is 1. The van der Waals surface area contributed by atoms with Gasteiger partial charge in [0.25, 0.3) is 0 Å². The molecular formula is C13H14BrNO2. The lowest BCUT2D eigenvalue weighted by Gasteiger charge is -2.08. The van der Waals surface area contributed by atoms with Crippen molar-refractivity contribution in [3.8, 4) is 6.07 Å². The van der Waals surface area contributed by atoms with Crippen LogP contribution in [0, 0.1) is 18.3 Å². The molecule has 17 heavy (non-hydrogen) atoms. The Hall–Kier alpha value is -1.34. The lowest BCUT2D eigenvalue weighted by molar-refractivity contribution is -0.142. The summed E-state index contributed by atoms with van der Waals surface area (Å²) in [6.45, 7) is 4.06. The molecule has 0 aliphatic carbocycles. The van der Waals surface area contributed by atoms with Gasteiger partial charge in [0.2, 0.25) is 0 Å². The summed E-state index contributed by atoms with van der Waals surface area (Å²) in [6.07, 6.45) is 0.211. The van der Waals surface area contributed by atoms with E-state index in [0.717, 1.165) is 16.7 Å². The Morgan fingerprint density at radius 3 is 2.76 bits per heavy atom. The standard InChI is InChI=1S/C13H14BrNO2/c1-3-17-13(16)6-10-4-11(7-14)9(2)12(5-10)8-15/h4-5H,3,6-7H2,1-2H3. The first-order valence-electron chi connectivity index (χ1n) is 5.36. The molecule has 1 aromatic rings. The van der Waals surface area contributed by atoms with Crippen LogP contribution in [0.25, 0.3) is 0 Å². The number of hydrogen-bond donors (Lipinski definition) is 0. The average Bonchev–Trinajstić information content (AvgIpc) is 2.31. The highest BCUT2D eigenvalue weighted by Gasteiger charge is 2.09. The van der Waals surface area contributed by atoms with E-state index in [1.807, 2.05) is 13.0 Å². The van der Waals surface area contributed by atoms with E-state index in [-0.39, 0.29) is 12.4 Å². The molecule has 0 saturated heterocycles. The molecule has 0 saturated carbocycles. The van der Waals surface area contributed by atoms with Crippen LogP contribution >= 0.6 is 15.9 Å². The number of hydrogen-bond acceptors (Lipinski definition) is 3. The first-order chi connectivity index (χ1) is 8.12. The zero-order chi connectivity index (χ0) is 12.8. The van der Waals surface area contributed by atoms with E-state index < -0.39 is 0 Å². The SMILES string of the molecule is CCOC(=O)Cc1cc(C#N)c(C)c(CBr)c1. The Kier molecular flexibility index (Phi) is 5.17. The van der Waals surface area contributed by atoms with Gasteiger partial charge >= 0.3 is 5.97 Å². The van der Waals surface area contributed by atoms with Crippen molar-refractivity contribution in [3.05, 3.63) is 34.4 Å². The second-order valence-electron chi connectivity index (χ2n) is 3.65. The zero-order valence-electron chi connectivity index (χ0n) is 9.92. The Balaban J connectivity index is 3.02. The van der Waals surface area contributed by atoms with Crippen LogP contribution in [0.4, 0.5) is 0 Å². The minimum Gasteiger partial charge on any atom is -0.466 e. The second-order valence-corrected chi connectivity index (χ2v) is 4.22. The molecule has 0 heterocycles. The molecule has 4 heteroatoms. The fraction of sp³-hybridized carbons (Fsp3) is 0.385. The van der Waals surface area contributed by atoms with Crippen molar-refractivity contribution in [3.63, 3.8) is 0 Å². The minimum atomic E-state index is -0.263. The average molecular weight is 296 g/mol. The van der Waals surface area contributed by atoms with Crippen LogP contribution in [0.1, 0.15) is 29.2 Å². The Morgan fingerprint density at radius 1 is 1.53 bits per heavy atom. The number of halogens is 1. The highest BCUT2D eigenvalue weighted by molar-refractivity contribution is 9.08. The van der Waals surface area contributed by atoms with E-state index in [4.69, 9.17) is 10.00 Å². The lowest BCUT2D eigenvalue weighted by Crippen LogP contribution is -2.08. The molecule has 3 nitrogen and oxygen atoms in total. The summed E-state index contributed by atoms with van der Waals surface area (Å²) >= 11 is 3.38. The monoisotopic (exact) mass is 295 g/mol. The third kappa shape index (κ3) is 3.57. The molecule has 0 unspecified atom stereocenters. The Labute approximate surface area is 110 Å². The van der Waals surface area contributed by atoms with Gasteiger partial charge in [-0.25, -0.2) is 0 Å². The summed E-state index contributed by atoms with van der Waals surface area (Å²) in [5, 5.41) is 9.69. The smallest absolute Gasteiger partial charge is 0.310 e. The predicted molar refractivity (Wildman–Crippen MR) is 68.9 cm³/mol. The highest BCUT2D eigenvalue weighted by Crippen LogP contribution is 2.19. The summed E-state index contributed by atoms with van der Waals surface area (Å²) in [6, 6.07) is 5.82. The Bertz CT molecular complexity index is 463. The predicted octanol–water partition coefficient (Wildman–Crippen LogP) is 2.87. The first kappa shape index (κ1) is 13.7. The van der Waals surface area contributed by atoms with Gasteiger partial charge in [-0.05, 0) is 36.6 Å². The van der Waals surface area contributed by atoms with Crippen molar-refractivity contribution >= 4 is 21.9 Å². The van der Waals surface area contributed by atoms with Crippen molar-refractivity contribution in [2.45, 2.75) is 25.6 Å². The topological polar surface area (TPSA) is 50.1 Å². The number of nitriles is 1. The van der Waals surface area contributed by atoms with E-state index in [2.05, 4.69) is 22.0 Å². The van der Waals surface area contributed by atoms with Crippen LogP contribution < -0.4 is 0 Å². The van der Waals surface area contributed by atoms with Gasteiger partial charge in [-0.15, -0.1) is 0 Å². The fourth-order valence-electron chi connectivity index (χ4n) is 1.58. The third-order valence-electron chi connectivity index (χ3n) is 2.49. The van der Waals surface area contributed by atoms with E-state index in [9.17, 15) is 4.79 Å². The first-order valence-corrected chi connectivity index (χ1v) is 6.48. The number of nitrogens with zero attached hydrogens (tertiary/aromatic N) is 1. The molecule has 0 amide bonds. The van der Waals surface area contributed by atoms with E-state index in [1.54, 1.807) is 13.0 Å². The number of esters is 1. The summed E-state index contributed by atoms with van der Waals surface area (Å²) in [4.78, 5) is 11.4. The summed E-state index contributed by atoms with van der Waals surface area (Å²) in [7, 11) is 0. The molecule has 0 aliphatic rings. The summed E-state index contributed by atoms with van der Waals surface area (Å²) in [5.41, 5.74) is 3.42. The van der Waals surface area contributed by atoms with Crippen molar-refractivity contribution < 1.29 is 9.53 Å². The lowest BCUT2D eigenvalue weighted by atomic mass is 9.99. The van der Waals surface area contributed by atoms with Crippen LogP contribution in [-0.4, -0.2) is 12.6 Å². The van der Waals surface area contributed by atoms with Gasteiger partial charge in [0.1, 0.15) is 0 Å². The number of alkyl halides is 1. The summed E-state index contributed by atoms with van der Waals surface area (Å²) in [5.74, 6) is -0.263. The van der Waals surface area contributed by atoms with E-state index in [0.29, 0.717) is 17.5 Å². The molecule has 90 valence electrons. The molecule has 1 rings (SSSR count). The largest absolute Gasteiger partial charge is 0.466 e. The van der Waals surface area contributed by atoms with Crippen molar-refractivity contribution in [2.75, 3.05) is 6.61 Å². The number of ether oxygens (including phenoxy) is 1. The minimum absolute atomic E-state index is 0.211.